The summed E-state index contributed by atoms with van der Waals surface area (Å²) >= 11 is 0. The average Bonchev–Trinajstić information content (AvgIpc) is 2.44. The lowest BCUT2D eigenvalue weighted by Gasteiger charge is -2.41. The smallest absolute Gasteiger partial charge is 0.410 e. The molecule has 0 bridgehead atoms. The zero-order valence-electron chi connectivity index (χ0n) is 14.6. The Bertz CT molecular complexity index is 602. The van der Waals surface area contributed by atoms with Gasteiger partial charge in [0.05, 0.1) is 0 Å². The van der Waals surface area contributed by atoms with E-state index in [1.807, 2.05) is 32.6 Å². The number of alkyl halides is 2. The number of carbonyl (C=O) groups is 1. The summed E-state index contributed by atoms with van der Waals surface area (Å²) in [6, 6.07) is 4.40. The second-order valence-electron chi connectivity index (χ2n) is 7.09. The van der Waals surface area contributed by atoms with Gasteiger partial charge in [0.15, 0.2) is 0 Å². The minimum Gasteiger partial charge on any atom is -0.444 e. The maximum atomic E-state index is 13.3. The molecule has 5 nitrogen and oxygen atoms in total. The van der Waals surface area contributed by atoms with Crippen LogP contribution in [-0.4, -0.2) is 42.3 Å². The van der Waals surface area contributed by atoms with Crippen molar-refractivity contribution in [2.24, 2.45) is 0 Å². The number of hydrogen-bond acceptors (Lipinski definition) is 4. The Balaban J connectivity index is 2.12. The van der Waals surface area contributed by atoms with Crippen molar-refractivity contribution in [2.45, 2.75) is 45.8 Å². The molecule has 1 aliphatic rings. The molecule has 0 aliphatic carbocycles. The zero-order valence-corrected chi connectivity index (χ0v) is 14.6. The number of benzene rings is 1. The number of rotatable bonds is 2. The van der Waals surface area contributed by atoms with Crippen molar-refractivity contribution in [3.05, 3.63) is 23.8 Å². The van der Waals surface area contributed by atoms with Crippen molar-refractivity contribution < 1.29 is 18.3 Å². The number of carbonyl (C=O) groups excluding carboxylic acids is 1. The molecule has 1 unspecified atom stereocenters. The van der Waals surface area contributed by atoms with Crippen molar-refractivity contribution >= 4 is 17.5 Å². The molecule has 1 aliphatic heterocycles. The number of nitrogens with two attached hydrogens (primary N) is 1. The van der Waals surface area contributed by atoms with Gasteiger partial charge < -0.3 is 20.3 Å². The number of amides is 1. The highest BCUT2D eigenvalue weighted by Gasteiger charge is 2.32. The first-order valence-electron chi connectivity index (χ1n) is 8.00. The lowest BCUT2D eigenvalue weighted by atomic mass is 10.1. The Labute approximate surface area is 141 Å². The van der Waals surface area contributed by atoms with Gasteiger partial charge in [-0.25, -0.2) is 13.6 Å². The van der Waals surface area contributed by atoms with Gasteiger partial charge >= 0.3 is 6.09 Å². The van der Waals surface area contributed by atoms with Crippen LogP contribution in [0.1, 0.15) is 39.7 Å². The molecule has 134 valence electrons. The molecule has 1 heterocycles. The molecule has 1 fully saturated rings. The predicted octanol–water partition coefficient (Wildman–Crippen LogP) is 3.65. The third kappa shape index (κ3) is 4.27. The summed E-state index contributed by atoms with van der Waals surface area (Å²) in [6.45, 7) is 8.67. The summed E-state index contributed by atoms with van der Waals surface area (Å²) in [6.07, 6.45) is -2.97. The molecule has 2 N–H and O–H groups in total. The summed E-state index contributed by atoms with van der Waals surface area (Å²) in [4.78, 5) is 15.7. The first-order chi connectivity index (χ1) is 11.1. The Morgan fingerprint density at radius 1 is 1.33 bits per heavy atom. The van der Waals surface area contributed by atoms with E-state index in [0.29, 0.717) is 31.0 Å². The highest BCUT2D eigenvalue weighted by Crippen LogP contribution is 2.33. The van der Waals surface area contributed by atoms with Crippen molar-refractivity contribution in [1.29, 1.82) is 0 Å². The van der Waals surface area contributed by atoms with Crippen LogP contribution in [0.5, 0.6) is 0 Å². The Kier molecular flexibility index (Phi) is 5.20. The maximum Gasteiger partial charge on any atom is 0.410 e. The number of nitrogens with zero attached hydrogens (tertiary/aromatic N) is 2. The monoisotopic (exact) mass is 341 g/mol. The molecule has 0 aromatic heterocycles. The summed E-state index contributed by atoms with van der Waals surface area (Å²) in [5.41, 5.74) is 5.77. The Hall–Kier alpha value is -2.05. The molecule has 1 amide bonds. The van der Waals surface area contributed by atoms with Crippen LogP contribution in [0.3, 0.4) is 0 Å². The average molecular weight is 341 g/mol. The largest absolute Gasteiger partial charge is 0.444 e. The molecule has 1 aromatic rings. The highest BCUT2D eigenvalue weighted by atomic mass is 19.3. The molecule has 2 rings (SSSR count). The van der Waals surface area contributed by atoms with E-state index in [2.05, 4.69) is 0 Å². The van der Waals surface area contributed by atoms with E-state index < -0.39 is 12.0 Å². The summed E-state index contributed by atoms with van der Waals surface area (Å²) < 4.78 is 32.0. The quantitative estimate of drug-likeness (QED) is 0.834. The van der Waals surface area contributed by atoms with Crippen LogP contribution in [0.25, 0.3) is 0 Å². The Morgan fingerprint density at radius 3 is 2.54 bits per heavy atom. The third-order valence-corrected chi connectivity index (χ3v) is 3.88. The van der Waals surface area contributed by atoms with Crippen LogP contribution < -0.4 is 10.6 Å². The lowest BCUT2D eigenvalue weighted by Crippen LogP contribution is -2.55. The molecule has 1 saturated heterocycles. The number of ether oxygens (including phenoxy) is 1. The van der Waals surface area contributed by atoms with E-state index >= 15 is 0 Å². The standard InChI is InChI=1S/C17H25F2N3O2/c1-11-10-21(7-8-22(11)16(23)24-17(2,3)4)14-6-5-12(20)9-13(14)15(18)19/h5-6,9,11,15H,7-8,10,20H2,1-4H3. The Morgan fingerprint density at radius 2 is 2.00 bits per heavy atom. The fraction of sp³-hybridized carbons (Fsp3) is 0.588. The minimum atomic E-state index is -2.59. The SMILES string of the molecule is CC1CN(c2ccc(N)cc2C(F)F)CCN1C(=O)OC(C)(C)C. The predicted molar refractivity (Wildman–Crippen MR) is 90.4 cm³/mol. The van der Waals surface area contributed by atoms with E-state index in [1.165, 1.54) is 6.07 Å². The van der Waals surface area contributed by atoms with Crippen LogP contribution in [0.15, 0.2) is 18.2 Å². The molecular weight excluding hydrogens is 316 g/mol. The van der Waals surface area contributed by atoms with Gasteiger partial charge in [0, 0.05) is 42.6 Å². The van der Waals surface area contributed by atoms with Gasteiger partial charge in [-0.15, -0.1) is 0 Å². The molecule has 0 radical (unpaired) electrons. The number of piperazine rings is 1. The molecule has 7 heteroatoms. The topological polar surface area (TPSA) is 58.8 Å². The summed E-state index contributed by atoms with van der Waals surface area (Å²) in [7, 11) is 0. The van der Waals surface area contributed by atoms with Gasteiger partial charge in [0.2, 0.25) is 0 Å². The van der Waals surface area contributed by atoms with Gasteiger partial charge in [-0.05, 0) is 45.9 Å². The fourth-order valence-electron chi connectivity index (χ4n) is 2.80. The van der Waals surface area contributed by atoms with Crippen molar-refractivity contribution in [3.63, 3.8) is 0 Å². The van der Waals surface area contributed by atoms with E-state index in [0.717, 1.165) is 0 Å². The fourth-order valence-corrected chi connectivity index (χ4v) is 2.80. The van der Waals surface area contributed by atoms with E-state index in [1.54, 1.807) is 17.0 Å². The number of halogens is 2. The summed E-state index contributed by atoms with van der Waals surface area (Å²) in [5, 5.41) is 0. The highest BCUT2D eigenvalue weighted by molar-refractivity contribution is 5.69. The van der Waals surface area contributed by atoms with Crippen LogP contribution in [-0.2, 0) is 4.74 Å². The van der Waals surface area contributed by atoms with Crippen molar-refractivity contribution in [3.8, 4) is 0 Å². The van der Waals surface area contributed by atoms with Gasteiger partial charge in [0.1, 0.15) is 5.60 Å². The van der Waals surface area contributed by atoms with E-state index in [9.17, 15) is 13.6 Å². The van der Waals surface area contributed by atoms with Crippen LogP contribution in [0.4, 0.5) is 25.0 Å². The first-order valence-corrected chi connectivity index (χ1v) is 8.00. The van der Waals surface area contributed by atoms with Crippen molar-refractivity contribution in [2.75, 3.05) is 30.3 Å². The molecule has 0 spiro atoms. The molecule has 24 heavy (non-hydrogen) atoms. The van der Waals surface area contributed by atoms with E-state index in [4.69, 9.17) is 10.5 Å². The van der Waals surface area contributed by atoms with E-state index in [-0.39, 0.29) is 17.7 Å². The lowest BCUT2D eigenvalue weighted by molar-refractivity contribution is 0.0158. The molecule has 1 aromatic carbocycles. The van der Waals surface area contributed by atoms with Crippen molar-refractivity contribution in [1.82, 2.24) is 4.90 Å². The number of anilines is 2. The van der Waals surface area contributed by atoms with Crippen LogP contribution in [0, 0.1) is 0 Å². The maximum absolute atomic E-state index is 13.3. The number of nitrogen functional groups attached to an aromatic ring is 1. The van der Waals surface area contributed by atoms with Gasteiger partial charge in [0.25, 0.3) is 6.43 Å². The van der Waals surface area contributed by atoms with Crippen LogP contribution in [0.2, 0.25) is 0 Å². The third-order valence-electron chi connectivity index (χ3n) is 3.88. The van der Waals surface area contributed by atoms with Gasteiger partial charge in [-0.2, -0.15) is 0 Å². The molecular formula is C17H25F2N3O2. The second kappa shape index (κ2) is 6.83. The molecule has 0 saturated carbocycles. The minimum absolute atomic E-state index is 0.0760. The summed E-state index contributed by atoms with van der Waals surface area (Å²) in [5.74, 6) is 0. The first kappa shape index (κ1) is 18.3. The normalized spacial score (nSPS) is 18.9. The molecule has 1 atom stereocenters. The second-order valence-corrected chi connectivity index (χ2v) is 7.09. The zero-order chi connectivity index (χ0) is 18.1. The number of hydrogen-bond donors (Lipinski definition) is 1. The van der Waals surface area contributed by atoms with Gasteiger partial charge in [-0.1, -0.05) is 0 Å². The van der Waals surface area contributed by atoms with Crippen LogP contribution >= 0.6 is 0 Å². The van der Waals surface area contributed by atoms with Gasteiger partial charge in [-0.3, -0.25) is 0 Å².